The highest BCUT2D eigenvalue weighted by Gasteiger charge is 2.20. The van der Waals surface area contributed by atoms with Crippen molar-refractivity contribution in [1.82, 2.24) is 15.5 Å². The summed E-state index contributed by atoms with van der Waals surface area (Å²) in [4.78, 5) is 12.0. The van der Waals surface area contributed by atoms with Gasteiger partial charge in [0.05, 0.1) is 0 Å². The van der Waals surface area contributed by atoms with Gasteiger partial charge < -0.3 is 9.73 Å². The van der Waals surface area contributed by atoms with E-state index in [1.807, 2.05) is 16.8 Å². The van der Waals surface area contributed by atoms with Gasteiger partial charge in [-0.1, -0.05) is 19.8 Å². The Hall–Kier alpha value is -1.69. The second kappa shape index (κ2) is 7.05. The molecule has 2 heterocycles. The van der Waals surface area contributed by atoms with Crippen LogP contribution in [-0.2, 0) is 11.2 Å². The van der Waals surface area contributed by atoms with E-state index >= 15 is 0 Å². The highest BCUT2D eigenvalue weighted by molar-refractivity contribution is 7.08. The van der Waals surface area contributed by atoms with Gasteiger partial charge in [0.25, 0.3) is 0 Å². The summed E-state index contributed by atoms with van der Waals surface area (Å²) in [5, 5.41) is 15.1. The van der Waals surface area contributed by atoms with Crippen LogP contribution in [0.4, 0.5) is 0 Å². The van der Waals surface area contributed by atoms with Crippen LogP contribution in [0.2, 0.25) is 0 Å². The van der Waals surface area contributed by atoms with Gasteiger partial charge in [0.2, 0.25) is 17.7 Å². The molecule has 1 fully saturated rings. The Bertz CT molecular complexity index is 609. The lowest BCUT2D eigenvalue weighted by atomic mass is 9.87. The third kappa shape index (κ3) is 3.94. The molecule has 0 bridgehead atoms. The number of carbonyl (C=O) groups is 1. The Balaban J connectivity index is 1.47. The summed E-state index contributed by atoms with van der Waals surface area (Å²) in [5.74, 6) is 1.84. The molecule has 5 nitrogen and oxygen atoms in total. The smallest absolute Gasteiger partial charge is 0.248 e. The van der Waals surface area contributed by atoms with Crippen LogP contribution in [0, 0.1) is 5.92 Å². The minimum Gasteiger partial charge on any atom is -0.421 e. The van der Waals surface area contributed by atoms with Gasteiger partial charge in [-0.25, -0.2) is 0 Å². The van der Waals surface area contributed by atoms with E-state index in [1.165, 1.54) is 12.8 Å². The van der Waals surface area contributed by atoms with Crippen LogP contribution >= 0.6 is 11.3 Å². The highest BCUT2D eigenvalue weighted by Crippen LogP contribution is 2.24. The SMILES string of the molecule is C[C@@H]1CCC[C@@H](NC(=O)CCc2nnc(-c3ccsc3)o2)C1. The van der Waals surface area contributed by atoms with E-state index in [9.17, 15) is 4.79 Å². The maximum Gasteiger partial charge on any atom is 0.248 e. The molecule has 1 amide bonds. The molecular formula is C16H21N3O2S. The van der Waals surface area contributed by atoms with Gasteiger partial charge >= 0.3 is 0 Å². The Morgan fingerprint density at radius 1 is 1.45 bits per heavy atom. The molecule has 1 saturated carbocycles. The molecule has 0 unspecified atom stereocenters. The van der Waals surface area contributed by atoms with E-state index in [0.717, 1.165) is 18.4 Å². The predicted molar refractivity (Wildman–Crippen MR) is 85.5 cm³/mol. The Kier molecular flexibility index (Phi) is 4.87. The van der Waals surface area contributed by atoms with Crippen molar-refractivity contribution in [2.75, 3.05) is 0 Å². The first-order valence-electron chi connectivity index (χ1n) is 7.85. The fourth-order valence-corrected chi connectivity index (χ4v) is 3.57. The first-order chi connectivity index (χ1) is 10.7. The lowest BCUT2D eigenvalue weighted by Gasteiger charge is -2.27. The largest absolute Gasteiger partial charge is 0.421 e. The second-order valence-electron chi connectivity index (χ2n) is 6.05. The van der Waals surface area contributed by atoms with Crippen molar-refractivity contribution in [1.29, 1.82) is 0 Å². The van der Waals surface area contributed by atoms with Crippen LogP contribution in [0.3, 0.4) is 0 Å². The first-order valence-corrected chi connectivity index (χ1v) is 8.79. The van der Waals surface area contributed by atoms with Crippen LogP contribution < -0.4 is 5.32 Å². The Labute approximate surface area is 134 Å². The summed E-state index contributed by atoms with van der Waals surface area (Å²) in [6.45, 7) is 2.25. The van der Waals surface area contributed by atoms with Gasteiger partial charge in [-0.3, -0.25) is 4.79 Å². The third-order valence-electron chi connectivity index (χ3n) is 4.10. The number of nitrogens with one attached hydrogen (secondary N) is 1. The molecule has 0 saturated heterocycles. The summed E-state index contributed by atoms with van der Waals surface area (Å²) < 4.78 is 5.59. The molecule has 0 spiro atoms. The van der Waals surface area contributed by atoms with Crippen molar-refractivity contribution in [2.24, 2.45) is 5.92 Å². The maximum absolute atomic E-state index is 12.0. The predicted octanol–water partition coefficient (Wildman–Crippen LogP) is 3.43. The minimum absolute atomic E-state index is 0.0781. The molecule has 6 heteroatoms. The Morgan fingerprint density at radius 3 is 3.14 bits per heavy atom. The number of thiophene rings is 1. The zero-order valence-corrected chi connectivity index (χ0v) is 13.6. The van der Waals surface area contributed by atoms with E-state index in [-0.39, 0.29) is 5.91 Å². The lowest BCUT2D eigenvalue weighted by molar-refractivity contribution is -0.122. The van der Waals surface area contributed by atoms with Gasteiger partial charge in [0.1, 0.15) is 0 Å². The van der Waals surface area contributed by atoms with E-state index in [4.69, 9.17) is 4.42 Å². The second-order valence-corrected chi connectivity index (χ2v) is 6.83. The molecule has 2 aromatic heterocycles. The van der Waals surface area contributed by atoms with Crippen LogP contribution in [0.1, 0.15) is 44.9 Å². The minimum atomic E-state index is 0.0781. The molecule has 1 N–H and O–H groups in total. The summed E-state index contributed by atoms with van der Waals surface area (Å²) >= 11 is 1.59. The van der Waals surface area contributed by atoms with Crippen LogP contribution in [-0.4, -0.2) is 22.1 Å². The molecule has 1 aliphatic carbocycles. The molecule has 1 aliphatic rings. The van der Waals surface area contributed by atoms with Gasteiger partial charge in [-0.15, -0.1) is 10.2 Å². The number of aromatic nitrogens is 2. The van der Waals surface area contributed by atoms with E-state index < -0.39 is 0 Å². The average Bonchev–Trinajstić information content (AvgIpc) is 3.16. The molecule has 0 radical (unpaired) electrons. The summed E-state index contributed by atoms with van der Waals surface area (Å²) in [6.07, 6.45) is 5.56. The van der Waals surface area contributed by atoms with Gasteiger partial charge in [-0.2, -0.15) is 11.3 Å². The van der Waals surface area contributed by atoms with Gasteiger partial charge in [-0.05, 0) is 30.2 Å². The number of carbonyl (C=O) groups excluding carboxylic acids is 1. The number of rotatable bonds is 5. The monoisotopic (exact) mass is 319 g/mol. The van der Waals surface area contributed by atoms with Gasteiger partial charge in [0, 0.05) is 29.8 Å². The molecule has 0 aromatic carbocycles. The van der Waals surface area contributed by atoms with Crippen LogP contribution in [0.15, 0.2) is 21.2 Å². The van der Waals surface area contributed by atoms with E-state index in [1.54, 1.807) is 11.3 Å². The zero-order valence-electron chi connectivity index (χ0n) is 12.7. The van der Waals surface area contributed by atoms with Crippen molar-refractivity contribution >= 4 is 17.2 Å². The molecular weight excluding hydrogens is 298 g/mol. The van der Waals surface area contributed by atoms with Crippen molar-refractivity contribution in [2.45, 2.75) is 51.5 Å². The summed E-state index contributed by atoms with van der Waals surface area (Å²) in [6, 6.07) is 2.28. The molecule has 3 rings (SSSR count). The van der Waals surface area contributed by atoms with Crippen LogP contribution in [0.25, 0.3) is 11.5 Å². The van der Waals surface area contributed by atoms with Crippen LogP contribution in [0.5, 0.6) is 0 Å². The molecule has 118 valence electrons. The van der Waals surface area contributed by atoms with E-state index in [2.05, 4.69) is 22.4 Å². The number of aryl methyl sites for hydroxylation is 1. The third-order valence-corrected chi connectivity index (χ3v) is 4.79. The standard InChI is InChI=1S/C16H21N3O2S/c1-11-3-2-4-13(9-11)17-14(20)5-6-15-18-19-16(21-15)12-7-8-22-10-12/h7-8,10-11,13H,2-6,9H2,1H3,(H,17,20)/t11-,13-/m1/s1. The zero-order chi connectivity index (χ0) is 15.4. The quantitative estimate of drug-likeness (QED) is 0.917. The molecule has 2 aromatic rings. The maximum atomic E-state index is 12.0. The summed E-state index contributed by atoms with van der Waals surface area (Å²) in [5.41, 5.74) is 0.935. The number of hydrogen-bond donors (Lipinski definition) is 1. The Morgan fingerprint density at radius 2 is 2.36 bits per heavy atom. The summed E-state index contributed by atoms with van der Waals surface area (Å²) in [7, 11) is 0. The van der Waals surface area contributed by atoms with Crippen molar-refractivity contribution in [3.8, 4) is 11.5 Å². The normalized spacial score (nSPS) is 21.7. The highest BCUT2D eigenvalue weighted by atomic mass is 32.1. The molecule has 2 atom stereocenters. The molecule has 22 heavy (non-hydrogen) atoms. The lowest BCUT2D eigenvalue weighted by Crippen LogP contribution is -2.38. The van der Waals surface area contributed by atoms with E-state index in [0.29, 0.717) is 36.6 Å². The van der Waals surface area contributed by atoms with Crippen molar-refractivity contribution < 1.29 is 9.21 Å². The number of nitrogens with zero attached hydrogens (tertiary/aromatic N) is 2. The van der Waals surface area contributed by atoms with Crippen molar-refractivity contribution in [3.05, 3.63) is 22.7 Å². The average molecular weight is 319 g/mol. The first kappa shape index (κ1) is 15.2. The fourth-order valence-electron chi connectivity index (χ4n) is 2.94. The number of amides is 1. The van der Waals surface area contributed by atoms with Gasteiger partial charge in [0.15, 0.2) is 0 Å². The molecule has 0 aliphatic heterocycles. The fraction of sp³-hybridized carbons (Fsp3) is 0.562. The topological polar surface area (TPSA) is 68.0 Å². The number of hydrogen-bond acceptors (Lipinski definition) is 5. The van der Waals surface area contributed by atoms with Crippen molar-refractivity contribution in [3.63, 3.8) is 0 Å².